The molecular weight excluding hydrogens is 322 g/mol. The molecule has 1 heterocycles. The lowest BCUT2D eigenvalue weighted by Gasteiger charge is -2.30. The highest BCUT2D eigenvalue weighted by atomic mass is 32.2. The molecule has 128 valence electrons. The summed E-state index contributed by atoms with van der Waals surface area (Å²) in [6.07, 6.45) is 2.03. The van der Waals surface area contributed by atoms with Crippen molar-refractivity contribution in [1.82, 2.24) is 4.90 Å². The first-order valence-electron chi connectivity index (χ1n) is 7.41. The van der Waals surface area contributed by atoms with E-state index in [1.54, 1.807) is 0 Å². The minimum Gasteiger partial charge on any atom is -0.306 e. The summed E-state index contributed by atoms with van der Waals surface area (Å²) in [7, 11) is -3.47. The van der Waals surface area contributed by atoms with Gasteiger partial charge < -0.3 is 4.90 Å². The van der Waals surface area contributed by atoms with Crippen molar-refractivity contribution in [2.45, 2.75) is 19.4 Å². The summed E-state index contributed by atoms with van der Waals surface area (Å²) in [5.74, 6) is -0.0276. The van der Waals surface area contributed by atoms with E-state index in [1.807, 2.05) is 30.3 Å². The van der Waals surface area contributed by atoms with E-state index in [9.17, 15) is 13.2 Å². The third-order valence-electron chi connectivity index (χ3n) is 3.49. The number of hydrogen-bond acceptors (Lipinski definition) is 6. The van der Waals surface area contributed by atoms with Crippen LogP contribution in [-0.2, 0) is 30.7 Å². The monoisotopic (exact) mass is 343 g/mol. The summed E-state index contributed by atoms with van der Waals surface area (Å²) >= 11 is 0. The van der Waals surface area contributed by atoms with E-state index >= 15 is 0 Å². The van der Waals surface area contributed by atoms with Gasteiger partial charge in [-0.05, 0) is 18.4 Å². The Morgan fingerprint density at radius 1 is 1.30 bits per heavy atom. The van der Waals surface area contributed by atoms with E-state index in [2.05, 4.69) is 0 Å². The molecule has 1 aliphatic heterocycles. The Kier molecular flexibility index (Phi) is 6.37. The van der Waals surface area contributed by atoms with Crippen molar-refractivity contribution in [1.29, 1.82) is 0 Å². The topological polar surface area (TPSA) is 82.1 Å². The lowest BCUT2D eigenvalue weighted by atomic mass is 10.00. The van der Waals surface area contributed by atoms with E-state index in [1.165, 1.54) is 4.90 Å². The first-order chi connectivity index (χ1) is 10.9. The van der Waals surface area contributed by atoms with E-state index in [4.69, 9.17) is 14.0 Å². The van der Waals surface area contributed by atoms with Crippen molar-refractivity contribution in [3.8, 4) is 0 Å². The fourth-order valence-electron chi connectivity index (χ4n) is 2.36. The van der Waals surface area contributed by atoms with Gasteiger partial charge in [0, 0.05) is 19.0 Å². The molecule has 1 saturated heterocycles. The molecule has 2 rings (SSSR count). The van der Waals surface area contributed by atoms with Gasteiger partial charge in [0.1, 0.15) is 6.61 Å². The number of carbonyl (C=O) groups excluding carboxylic acids is 1. The number of likely N-dealkylation sites (tertiary alicyclic amines) is 1. The maximum Gasteiger partial charge on any atom is 0.441 e. The van der Waals surface area contributed by atoms with Crippen LogP contribution < -0.4 is 0 Å². The summed E-state index contributed by atoms with van der Waals surface area (Å²) in [5, 5.41) is 0. The molecule has 1 amide bonds. The minimum atomic E-state index is -3.47. The maximum atomic E-state index is 12.0. The van der Waals surface area contributed by atoms with Gasteiger partial charge in [0.25, 0.3) is 10.1 Å². The van der Waals surface area contributed by atoms with Crippen LogP contribution in [0.25, 0.3) is 0 Å². The number of carbonyl (C=O) groups is 1. The summed E-state index contributed by atoms with van der Waals surface area (Å²) < 4.78 is 26.8. The molecule has 1 aromatic carbocycles. The van der Waals surface area contributed by atoms with Crippen molar-refractivity contribution >= 4 is 16.2 Å². The number of hydrogen-bond donors (Lipinski definition) is 0. The maximum absolute atomic E-state index is 12.0. The van der Waals surface area contributed by atoms with Crippen LogP contribution >= 0.6 is 0 Å². The van der Waals surface area contributed by atoms with Crippen LogP contribution in [0.15, 0.2) is 30.3 Å². The van der Waals surface area contributed by atoms with Crippen LogP contribution in [-0.4, -0.2) is 45.4 Å². The highest BCUT2D eigenvalue weighted by Gasteiger charge is 2.26. The fraction of sp³-hybridized carbons (Fsp3) is 0.533. The standard InChI is InChI=1S/C15H21NO6S/c1-23(18,19)21-12-14-8-5-9-16(10-14)15(17)22-20-11-13-6-3-2-4-7-13/h2-4,6-7,14H,5,8-12H2,1H3. The minimum absolute atomic E-state index is 0.0276. The van der Waals surface area contributed by atoms with E-state index in [-0.39, 0.29) is 19.1 Å². The molecular formula is C15H21NO6S. The summed E-state index contributed by atoms with van der Waals surface area (Å²) in [4.78, 5) is 23.2. The average Bonchev–Trinajstić information content (AvgIpc) is 2.53. The Labute approximate surface area is 136 Å². The largest absolute Gasteiger partial charge is 0.441 e. The SMILES string of the molecule is CS(=O)(=O)OCC1CCCN(C(=O)OOCc2ccccc2)C1. The molecule has 23 heavy (non-hydrogen) atoms. The zero-order valence-corrected chi connectivity index (χ0v) is 13.8. The second-order valence-corrected chi connectivity index (χ2v) is 7.18. The van der Waals surface area contributed by atoms with Crippen molar-refractivity contribution in [2.24, 2.45) is 5.92 Å². The number of piperidine rings is 1. The molecule has 0 radical (unpaired) electrons. The van der Waals surface area contributed by atoms with Gasteiger partial charge in [0.15, 0.2) is 0 Å². The van der Waals surface area contributed by atoms with E-state index < -0.39 is 16.2 Å². The lowest BCUT2D eigenvalue weighted by Crippen LogP contribution is -2.41. The van der Waals surface area contributed by atoms with Gasteiger partial charge in [0.05, 0.1) is 12.9 Å². The molecule has 0 bridgehead atoms. The van der Waals surface area contributed by atoms with Gasteiger partial charge in [-0.3, -0.25) is 9.07 Å². The molecule has 1 unspecified atom stereocenters. The van der Waals surface area contributed by atoms with Gasteiger partial charge >= 0.3 is 6.09 Å². The third-order valence-corrected chi connectivity index (χ3v) is 4.06. The summed E-state index contributed by atoms with van der Waals surface area (Å²) in [6, 6.07) is 9.37. The molecule has 1 aliphatic rings. The second kappa shape index (κ2) is 8.28. The normalized spacial score (nSPS) is 18.7. The van der Waals surface area contributed by atoms with Crippen LogP contribution in [0, 0.1) is 5.92 Å². The lowest BCUT2D eigenvalue weighted by molar-refractivity contribution is -0.256. The van der Waals surface area contributed by atoms with E-state index in [0.29, 0.717) is 13.1 Å². The van der Waals surface area contributed by atoms with Crippen molar-refractivity contribution in [3.05, 3.63) is 35.9 Å². The molecule has 0 spiro atoms. The highest BCUT2D eigenvalue weighted by Crippen LogP contribution is 2.18. The summed E-state index contributed by atoms with van der Waals surface area (Å²) in [6.45, 7) is 1.21. The zero-order chi connectivity index (χ0) is 16.7. The Morgan fingerprint density at radius 3 is 2.74 bits per heavy atom. The molecule has 0 N–H and O–H groups in total. The van der Waals surface area contributed by atoms with Gasteiger partial charge in [-0.2, -0.15) is 13.3 Å². The molecule has 0 aromatic heterocycles. The quantitative estimate of drug-likeness (QED) is 0.446. The Hall–Kier alpha value is -1.64. The number of benzene rings is 1. The number of rotatable bonds is 6. The highest BCUT2D eigenvalue weighted by molar-refractivity contribution is 7.85. The van der Waals surface area contributed by atoms with Crippen LogP contribution in [0.2, 0.25) is 0 Å². The van der Waals surface area contributed by atoms with Crippen molar-refractivity contribution < 1.29 is 27.2 Å². The summed E-state index contributed by atoms with van der Waals surface area (Å²) in [5.41, 5.74) is 0.901. The van der Waals surface area contributed by atoms with Crippen LogP contribution in [0.3, 0.4) is 0 Å². The first kappa shape index (κ1) is 17.7. The first-order valence-corrected chi connectivity index (χ1v) is 9.22. The molecule has 0 aliphatic carbocycles. The number of amides is 1. The van der Waals surface area contributed by atoms with Crippen LogP contribution in [0.1, 0.15) is 18.4 Å². The van der Waals surface area contributed by atoms with Gasteiger partial charge in [0.2, 0.25) is 0 Å². The Balaban J connectivity index is 1.73. The molecule has 7 nitrogen and oxygen atoms in total. The molecule has 1 fully saturated rings. The van der Waals surface area contributed by atoms with Crippen LogP contribution in [0.4, 0.5) is 4.79 Å². The Bertz CT molecular complexity index is 604. The van der Waals surface area contributed by atoms with Gasteiger partial charge in [-0.1, -0.05) is 30.3 Å². The Morgan fingerprint density at radius 2 is 2.04 bits per heavy atom. The molecule has 1 aromatic rings. The van der Waals surface area contributed by atoms with Gasteiger partial charge in [-0.25, -0.2) is 4.79 Å². The zero-order valence-electron chi connectivity index (χ0n) is 13.0. The smallest absolute Gasteiger partial charge is 0.306 e. The molecule has 1 atom stereocenters. The third kappa shape index (κ3) is 6.55. The van der Waals surface area contributed by atoms with Crippen LogP contribution in [0.5, 0.6) is 0 Å². The fourth-order valence-corrected chi connectivity index (χ4v) is 2.80. The van der Waals surface area contributed by atoms with Gasteiger partial charge in [-0.15, -0.1) is 0 Å². The van der Waals surface area contributed by atoms with Crippen molar-refractivity contribution in [3.63, 3.8) is 0 Å². The number of nitrogens with zero attached hydrogens (tertiary/aromatic N) is 1. The predicted octanol–water partition coefficient (Wildman–Crippen LogP) is 1.94. The predicted molar refractivity (Wildman–Crippen MR) is 82.8 cm³/mol. The molecule has 0 saturated carbocycles. The molecule has 8 heteroatoms. The van der Waals surface area contributed by atoms with Crippen molar-refractivity contribution in [2.75, 3.05) is 26.0 Å². The second-order valence-electron chi connectivity index (χ2n) is 5.54. The van der Waals surface area contributed by atoms with E-state index in [0.717, 1.165) is 24.7 Å². The average molecular weight is 343 g/mol.